The standard InChI is InChI=1S/C22H25NO5/c1-14-19-13-21(27-4)20(26-3)12-17(19)9-10-23(14)22(25)11-16-5-7-18(8-6-16)28-15(2)24/h5-8,12-14H,9-11H2,1-4H3. The number of ether oxygens (including phenoxy) is 3. The second-order valence-corrected chi connectivity index (χ2v) is 6.83. The van der Waals surface area contributed by atoms with Crippen LogP contribution in [-0.2, 0) is 22.4 Å². The van der Waals surface area contributed by atoms with Gasteiger partial charge in [-0.25, -0.2) is 0 Å². The van der Waals surface area contributed by atoms with Gasteiger partial charge in [-0.2, -0.15) is 0 Å². The summed E-state index contributed by atoms with van der Waals surface area (Å²) >= 11 is 0. The molecule has 6 heteroatoms. The number of carbonyl (C=O) groups excluding carboxylic acids is 2. The van der Waals surface area contributed by atoms with Crippen molar-refractivity contribution in [1.82, 2.24) is 4.90 Å². The van der Waals surface area contributed by atoms with Crippen LogP contribution < -0.4 is 14.2 Å². The predicted octanol–water partition coefficient (Wildman–Crippen LogP) is 3.32. The van der Waals surface area contributed by atoms with Gasteiger partial charge < -0.3 is 19.1 Å². The Hall–Kier alpha value is -3.02. The van der Waals surface area contributed by atoms with Gasteiger partial charge in [0, 0.05) is 13.5 Å². The summed E-state index contributed by atoms with van der Waals surface area (Å²) in [5.74, 6) is 1.56. The van der Waals surface area contributed by atoms with Crippen molar-refractivity contribution in [3.8, 4) is 17.2 Å². The van der Waals surface area contributed by atoms with Crippen molar-refractivity contribution in [2.75, 3.05) is 20.8 Å². The Balaban J connectivity index is 1.74. The van der Waals surface area contributed by atoms with Crippen molar-refractivity contribution in [1.29, 1.82) is 0 Å². The molecule has 148 valence electrons. The fourth-order valence-corrected chi connectivity index (χ4v) is 3.60. The van der Waals surface area contributed by atoms with Crippen molar-refractivity contribution in [3.63, 3.8) is 0 Å². The zero-order valence-electron chi connectivity index (χ0n) is 16.7. The number of methoxy groups -OCH3 is 2. The van der Waals surface area contributed by atoms with Crippen LogP contribution in [0.1, 0.15) is 36.6 Å². The first-order valence-corrected chi connectivity index (χ1v) is 9.24. The van der Waals surface area contributed by atoms with Crippen LogP contribution in [0.25, 0.3) is 0 Å². The van der Waals surface area contributed by atoms with E-state index in [1.165, 1.54) is 12.5 Å². The minimum Gasteiger partial charge on any atom is -0.493 e. The van der Waals surface area contributed by atoms with Crippen LogP contribution in [0.5, 0.6) is 17.2 Å². The van der Waals surface area contributed by atoms with Crippen molar-refractivity contribution in [3.05, 3.63) is 53.1 Å². The average Bonchev–Trinajstić information content (AvgIpc) is 2.68. The summed E-state index contributed by atoms with van der Waals surface area (Å²) < 4.78 is 15.8. The number of amides is 1. The highest BCUT2D eigenvalue weighted by atomic mass is 16.5. The first-order valence-electron chi connectivity index (χ1n) is 9.24. The molecule has 6 nitrogen and oxygen atoms in total. The van der Waals surface area contributed by atoms with Crippen LogP contribution in [-0.4, -0.2) is 37.5 Å². The molecule has 1 atom stereocenters. The monoisotopic (exact) mass is 383 g/mol. The fourth-order valence-electron chi connectivity index (χ4n) is 3.60. The highest BCUT2D eigenvalue weighted by Gasteiger charge is 2.29. The van der Waals surface area contributed by atoms with Crippen LogP contribution >= 0.6 is 0 Å². The zero-order valence-corrected chi connectivity index (χ0v) is 16.7. The van der Waals surface area contributed by atoms with Gasteiger partial charge in [-0.3, -0.25) is 9.59 Å². The maximum absolute atomic E-state index is 12.9. The van der Waals surface area contributed by atoms with Crippen LogP contribution in [0.4, 0.5) is 0 Å². The molecule has 0 N–H and O–H groups in total. The molecular weight excluding hydrogens is 358 g/mol. The molecule has 2 aromatic rings. The van der Waals surface area contributed by atoms with E-state index in [0.29, 0.717) is 30.2 Å². The summed E-state index contributed by atoms with van der Waals surface area (Å²) in [4.78, 5) is 25.8. The molecular formula is C22H25NO5. The van der Waals surface area contributed by atoms with E-state index in [0.717, 1.165) is 17.5 Å². The zero-order chi connectivity index (χ0) is 20.3. The molecule has 0 fully saturated rings. The van der Waals surface area contributed by atoms with E-state index in [9.17, 15) is 9.59 Å². The summed E-state index contributed by atoms with van der Waals surface area (Å²) in [6, 6.07) is 11.0. The Morgan fingerprint density at radius 2 is 1.71 bits per heavy atom. The predicted molar refractivity (Wildman–Crippen MR) is 105 cm³/mol. The quantitative estimate of drug-likeness (QED) is 0.585. The number of hydrogen-bond acceptors (Lipinski definition) is 5. The van der Waals surface area contributed by atoms with Crippen molar-refractivity contribution in [2.24, 2.45) is 0 Å². The van der Waals surface area contributed by atoms with E-state index in [4.69, 9.17) is 14.2 Å². The van der Waals surface area contributed by atoms with Gasteiger partial charge in [0.25, 0.3) is 0 Å². The Labute approximate surface area is 165 Å². The lowest BCUT2D eigenvalue weighted by Crippen LogP contribution is -2.39. The maximum Gasteiger partial charge on any atom is 0.308 e. The third-order valence-corrected chi connectivity index (χ3v) is 5.05. The largest absolute Gasteiger partial charge is 0.493 e. The first-order chi connectivity index (χ1) is 13.4. The Morgan fingerprint density at radius 1 is 1.07 bits per heavy atom. The molecule has 0 radical (unpaired) electrons. The summed E-state index contributed by atoms with van der Waals surface area (Å²) in [7, 11) is 3.24. The lowest BCUT2D eigenvalue weighted by molar-refractivity contribution is -0.133. The van der Waals surface area contributed by atoms with Crippen LogP contribution in [0.2, 0.25) is 0 Å². The molecule has 1 unspecified atom stereocenters. The highest BCUT2D eigenvalue weighted by molar-refractivity contribution is 5.80. The van der Waals surface area contributed by atoms with E-state index < -0.39 is 0 Å². The number of hydrogen-bond donors (Lipinski definition) is 0. The first kappa shape index (κ1) is 19.7. The van der Waals surface area contributed by atoms with Crippen molar-refractivity contribution >= 4 is 11.9 Å². The molecule has 3 rings (SSSR count). The molecule has 1 aliphatic heterocycles. The van der Waals surface area contributed by atoms with Gasteiger partial charge in [0.2, 0.25) is 5.91 Å². The summed E-state index contributed by atoms with van der Waals surface area (Å²) in [6.07, 6.45) is 1.07. The summed E-state index contributed by atoms with van der Waals surface area (Å²) in [6.45, 7) is 4.05. The van der Waals surface area contributed by atoms with E-state index in [1.54, 1.807) is 26.4 Å². The van der Waals surface area contributed by atoms with E-state index in [2.05, 4.69) is 0 Å². The molecule has 1 amide bonds. The minimum atomic E-state index is -0.364. The van der Waals surface area contributed by atoms with E-state index in [-0.39, 0.29) is 17.9 Å². The van der Waals surface area contributed by atoms with Crippen molar-refractivity contribution < 1.29 is 23.8 Å². The summed E-state index contributed by atoms with van der Waals surface area (Å²) in [5, 5.41) is 0. The molecule has 0 aliphatic carbocycles. The molecule has 2 aromatic carbocycles. The van der Waals surface area contributed by atoms with Crippen molar-refractivity contribution in [2.45, 2.75) is 32.7 Å². The van der Waals surface area contributed by atoms with E-state index >= 15 is 0 Å². The van der Waals surface area contributed by atoms with E-state index in [1.807, 2.05) is 36.1 Å². The number of carbonyl (C=O) groups is 2. The number of rotatable bonds is 5. The normalized spacial score (nSPS) is 15.6. The highest BCUT2D eigenvalue weighted by Crippen LogP contribution is 2.38. The number of benzene rings is 2. The number of esters is 1. The summed E-state index contributed by atoms with van der Waals surface area (Å²) in [5.41, 5.74) is 3.15. The van der Waals surface area contributed by atoms with Crippen LogP contribution in [0.3, 0.4) is 0 Å². The Kier molecular flexibility index (Phi) is 5.87. The van der Waals surface area contributed by atoms with Crippen LogP contribution in [0.15, 0.2) is 36.4 Å². The molecule has 0 bridgehead atoms. The molecule has 0 saturated carbocycles. The van der Waals surface area contributed by atoms with Gasteiger partial charge in [0.05, 0.1) is 26.7 Å². The second kappa shape index (κ2) is 8.33. The smallest absolute Gasteiger partial charge is 0.308 e. The van der Waals surface area contributed by atoms with Gasteiger partial charge in [0.15, 0.2) is 11.5 Å². The van der Waals surface area contributed by atoms with Gasteiger partial charge in [-0.15, -0.1) is 0 Å². The Morgan fingerprint density at radius 3 is 2.32 bits per heavy atom. The molecule has 0 saturated heterocycles. The topological polar surface area (TPSA) is 65.1 Å². The van der Waals surface area contributed by atoms with Gasteiger partial charge in [-0.1, -0.05) is 12.1 Å². The van der Waals surface area contributed by atoms with Gasteiger partial charge >= 0.3 is 5.97 Å². The molecule has 0 spiro atoms. The molecule has 0 aromatic heterocycles. The number of fused-ring (bicyclic) bond motifs is 1. The maximum atomic E-state index is 12.9. The third-order valence-electron chi connectivity index (χ3n) is 5.05. The van der Waals surface area contributed by atoms with Gasteiger partial charge in [0.1, 0.15) is 5.75 Å². The third kappa shape index (κ3) is 4.11. The molecule has 1 heterocycles. The molecule has 28 heavy (non-hydrogen) atoms. The second-order valence-electron chi connectivity index (χ2n) is 6.83. The van der Waals surface area contributed by atoms with Gasteiger partial charge in [-0.05, 0) is 54.3 Å². The minimum absolute atomic E-state index is 0.0450. The fraction of sp³-hybridized carbons (Fsp3) is 0.364. The van der Waals surface area contributed by atoms with Crippen LogP contribution in [0, 0.1) is 0 Å². The number of nitrogens with zero attached hydrogens (tertiary/aromatic N) is 1. The lowest BCUT2D eigenvalue weighted by Gasteiger charge is -2.36. The SMILES string of the molecule is COc1cc2c(cc1OC)C(C)N(C(=O)Cc1ccc(OC(C)=O)cc1)CC2. The average molecular weight is 383 g/mol. The Bertz CT molecular complexity index is 875. The lowest BCUT2D eigenvalue weighted by atomic mass is 9.92. The molecule has 1 aliphatic rings.